The first kappa shape index (κ1) is 14.2. The number of hydrogen-bond acceptors (Lipinski definition) is 2. The van der Waals surface area contributed by atoms with Gasteiger partial charge in [-0.15, -0.1) is 0 Å². The summed E-state index contributed by atoms with van der Waals surface area (Å²) in [5, 5.41) is 5.35. The molecule has 0 aliphatic rings. The first-order chi connectivity index (χ1) is 8.61. The maximum absolute atomic E-state index is 11.5. The molecule has 1 aromatic carbocycles. The van der Waals surface area contributed by atoms with Gasteiger partial charge in [0.1, 0.15) is 0 Å². The van der Waals surface area contributed by atoms with Crippen LogP contribution in [0.25, 0.3) is 0 Å². The standard InChI is InChI=1S/C14H20N2O2/c1-3-5-13(17)16-10-14(18)15-9-12-7-4-6-11(2)8-12/h4,6-8H,3,5,9-10H2,1-2H3,(H,15,18)(H,16,17). The van der Waals surface area contributed by atoms with Gasteiger partial charge in [0.05, 0.1) is 6.54 Å². The predicted octanol–water partition coefficient (Wildman–Crippen LogP) is 1.53. The minimum absolute atomic E-state index is 0.0463. The van der Waals surface area contributed by atoms with E-state index in [1.807, 2.05) is 38.1 Å². The number of carbonyl (C=O) groups excluding carboxylic acids is 2. The predicted molar refractivity (Wildman–Crippen MR) is 70.9 cm³/mol. The van der Waals surface area contributed by atoms with Crippen molar-refractivity contribution in [2.45, 2.75) is 33.2 Å². The molecule has 0 spiro atoms. The quantitative estimate of drug-likeness (QED) is 0.802. The SMILES string of the molecule is CCCC(=O)NCC(=O)NCc1cccc(C)c1. The Morgan fingerprint density at radius 1 is 1.17 bits per heavy atom. The van der Waals surface area contributed by atoms with Gasteiger partial charge in [0.2, 0.25) is 11.8 Å². The third kappa shape index (κ3) is 5.48. The number of nitrogens with one attached hydrogen (secondary N) is 2. The van der Waals surface area contributed by atoms with Crippen LogP contribution in [-0.2, 0) is 16.1 Å². The average molecular weight is 248 g/mol. The normalized spacial score (nSPS) is 9.89. The summed E-state index contributed by atoms with van der Waals surface area (Å²) in [6.07, 6.45) is 1.25. The molecule has 0 aromatic heterocycles. The monoisotopic (exact) mass is 248 g/mol. The Labute approximate surface area is 108 Å². The number of amides is 2. The molecule has 0 saturated heterocycles. The Morgan fingerprint density at radius 2 is 1.94 bits per heavy atom. The van der Waals surface area contributed by atoms with E-state index in [2.05, 4.69) is 10.6 Å². The highest BCUT2D eigenvalue weighted by Gasteiger charge is 2.04. The van der Waals surface area contributed by atoms with Crippen LogP contribution in [0.1, 0.15) is 30.9 Å². The number of hydrogen-bond donors (Lipinski definition) is 2. The van der Waals surface area contributed by atoms with Gasteiger partial charge in [-0.25, -0.2) is 0 Å². The fraction of sp³-hybridized carbons (Fsp3) is 0.429. The molecule has 0 aliphatic carbocycles. The van der Waals surface area contributed by atoms with Crippen LogP contribution >= 0.6 is 0 Å². The zero-order valence-electron chi connectivity index (χ0n) is 11.0. The third-order valence-electron chi connectivity index (χ3n) is 2.50. The van der Waals surface area contributed by atoms with Crippen molar-refractivity contribution in [3.8, 4) is 0 Å². The lowest BCUT2D eigenvalue weighted by atomic mass is 10.1. The molecule has 0 radical (unpaired) electrons. The Hall–Kier alpha value is -1.84. The van der Waals surface area contributed by atoms with E-state index in [-0.39, 0.29) is 18.4 Å². The van der Waals surface area contributed by atoms with Gasteiger partial charge < -0.3 is 10.6 Å². The van der Waals surface area contributed by atoms with E-state index in [0.29, 0.717) is 13.0 Å². The lowest BCUT2D eigenvalue weighted by molar-refractivity contribution is -0.126. The van der Waals surface area contributed by atoms with Crippen LogP contribution in [0, 0.1) is 6.92 Å². The zero-order chi connectivity index (χ0) is 13.4. The summed E-state index contributed by atoms with van der Waals surface area (Å²) in [5.74, 6) is -0.246. The van der Waals surface area contributed by atoms with E-state index in [1.54, 1.807) is 0 Å². The molecule has 0 aliphatic heterocycles. The molecule has 0 fully saturated rings. The van der Waals surface area contributed by atoms with Crippen molar-refractivity contribution in [1.82, 2.24) is 10.6 Å². The van der Waals surface area contributed by atoms with E-state index in [9.17, 15) is 9.59 Å². The van der Waals surface area contributed by atoms with Crippen molar-refractivity contribution < 1.29 is 9.59 Å². The highest BCUT2D eigenvalue weighted by atomic mass is 16.2. The molecule has 2 amide bonds. The van der Waals surface area contributed by atoms with Crippen molar-refractivity contribution in [3.05, 3.63) is 35.4 Å². The summed E-state index contributed by atoms with van der Waals surface area (Å²) in [6.45, 7) is 4.47. The molecule has 4 nitrogen and oxygen atoms in total. The van der Waals surface area contributed by atoms with Gasteiger partial charge in [-0.3, -0.25) is 9.59 Å². The minimum atomic E-state index is -0.166. The van der Waals surface area contributed by atoms with E-state index in [0.717, 1.165) is 17.5 Å². The molecule has 0 atom stereocenters. The molecule has 4 heteroatoms. The lowest BCUT2D eigenvalue weighted by Crippen LogP contribution is -2.36. The average Bonchev–Trinajstić information content (AvgIpc) is 2.34. The third-order valence-corrected chi connectivity index (χ3v) is 2.50. The van der Waals surface area contributed by atoms with Crippen molar-refractivity contribution in [2.75, 3.05) is 6.54 Å². The van der Waals surface area contributed by atoms with Crippen molar-refractivity contribution in [3.63, 3.8) is 0 Å². The highest BCUT2D eigenvalue weighted by Crippen LogP contribution is 2.02. The van der Waals surface area contributed by atoms with Crippen LogP contribution in [0.4, 0.5) is 0 Å². The van der Waals surface area contributed by atoms with Crippen LogP contribution in [0.2, 0.25) is 0 Å². The second-order valence-electron chi connectivity index (χ2n) is 4.29. The summed E-state index contributed by atoms with van der Waals surface area (Å²) in [6, 6.07) is 7.95. The number of benzene rings is 1. The van der Waals surface area contributed by atoms with E-state index >= 15 is 0 Å². The number of rotatable bonds is 6. The van der Waals surface area contributed by atoms with E-state index in [1.165, 1.54) is 0 Å². The van der Waals surface area contributed by atoms with Crippen LogP contribution in [0.3, 0.4) is 0 Å². The Kier molecular flexibility index (Phi) is 5.91. The molecule has 1 rings (SSSR count). The molecular weight excluding hydrogens is 228 g/mol. The van der Waals surface area contributed by atoms with Crippen LogP contribution in [-0.4, -0.2) is 18.4 Å². The van der Waals surface area contributed by atoms with Gasteiger partial charge in [-0.05, 0) is 18.9 Å². The fourth-order valence-corrected chi connectivity index (χ4v) is 1.58. The second kappa shape index (κ2) is 7.48. The van der Waals surface area contributed by atoms with Crippen LogP contribution < -0.4 is 10.6 Å². The van der Waals surface area contributed by atoms with Gasteiger partial charge in [0, 0.05) is 13.0 Å². The van der Waals surface area contributed by atoms with Crippen molar-refractivity contribution >= 4 is 11.8 Å². The zero-order valence-corrected chi connectivity index (χ0v) is 11.0. The molecule has 0 saturated carbocycles. The summed E-state index contributed by atoms with van der Waals surface area (Å²) in [4.78, 5) is 22.7. The van der Waals surface area contributed by atoms with Gasteiger partial charge in [-0.2, -0.15) is 0 Å². The summed E-state index contributed by atoms with van der Waals surface area (Å²) >= 11 is 0. The molecule has 2 N–H and O–H groups in total. The molecule has 0 heterocycles. The molecule has 18 heavy (non-hydrogen) atoms. The maximum atomic E-state index is 11.5. The van der Waals surface area contributed by atoms with E-state index < -0.39 is 0 Å². The second-order valence-corrected chi connectivity index (χ2v) is 4.29. The molecular formula is C14H20N2O2. The Balaban J connectivity index is 2.27. The van der Waals surface area contributed by atoms with E-state index in [4.69, 9.17) is 0 Å². The van der Waals surface area contributed by atoms with Gasteiger partial charge >= 0.3 is 0 Å². The minimum Gasteiger partial charge on any atom is -0.350 e. The van der Waals surface area contributed by atoms with Crippen molar-refractivity contribution in [2.24, 2.45) is 0 Å². The molecule has 0 bridgehead atoms. The van der Waals surface area contributed by atoms with Crippen LogP contribution in [0.5, 0.6) is 0 Å². The van der Waals surface area contributed by atoms with Gasteiger partial charge in [0.25, 0.3) is 0 Å². The largest absolute Gasteiger partial charge is 0.350 e. The molecule has 0 unspecified atom stereocenters. The Bertz CT molecular complexity index is 416. The molecule has 98 valence electrons. The van der Waals surface area contributed by atoms with Crippen LogP contribution in [0.15, 0.2) is 24.3 Å². The molecule has 1 aromatic rings. The summed E-state index contributed by atoms with van der Waals surface area (Å²) < 4.78 is 0. The summed E-state index contributed by atoms with van der Waals surface area (Å²) in [7, 11) is 0. The number of carbonyl (C=O) groups is 2. The topological polar surface area (TPSA) is 58.2 Å². The highest BCUT2D eigenvalue weighted by molar-refractivity contribution is 5.84. The van der Waals surface area contributed by atoms with Crippen molar-refractivity contribution in [1.29, 1.82) is 0 Å². The van der Waals surface area contributed by atoms with Gasteiger partial charge in [-0.1, -0.05) is 36.8 Å². The first-order valence-corrected chi connectivity index (χ1v) is 6.20. The maximum Gasteiger partial charge on any atom is 0.239 e. The Morgan fingerprint density at radius 3 is 2.61 bits per heavy atom. The first-order valence-electron chi connectivity index (χ1n) is 6.20. The number of aryl methyl sites for hydroxylation is 1. The smallest absolute Gasteiger partial charge is 0.239 e. The fourth-order valence-electron chi connectivity index (χ4n) is 1.58. The summed E-state index contributed by atoms with van der Waals surface area (Å²) in [5.41, 5.74) is 2.22. The lowest BCUT2D eigenvalue weighted by Gasteiger charge is -2.07. The van der Waals surface area contributed by atoms with Gasteiger partial charge in [0.15, 0.2) is 0 Å².